The van der Waals surface area contributed by atoms with Crippen LogP contribution in [0.5, 0.6) is 5.75 Å². The molecule has 0 aliphatic rings. The predicted octanol–water partition coefficient (Wildman–Crippen LogP) is 2.35. The number of aldehydes is 1. The maximum atomic E-state index is 10.7. The number of aryl methyl sites for hydroxylation is 1. The van der Waals surface area contributed by atoms with E-state index in [1.54, 1.807) is 23.7 Å². The number of carbonyl (C=O) groups is 1. The average molecular weight is 210 g/mol. The first-order chi connectivity index (χ1) is 6.65. The van der Waals surface area contributed by atoms with Gasteiger partial charge in [-0.3, -0.25) is 4.79 Å². The lowest BCUT2D eigenvalue weighted by Gasteiger charge is -2.01. The highest BCUT2D eigenvalue weighted by Gasteiger charge is 2.11. The van der Waals surface area contributed by atoms with Crippen molar-refractivity contribution in [2.45, 2.75) is 0 Å². The molecule has 0 unspecified atom stereocenters. The van der Waals surface area contributed by atoms with Gasteiger partial charge < -0.3 is 9.67 Å². The Morgan fingerprint density at radius 3 is 2.79 bits per heavy atom. The van der Waals surface area contributed by atoms with Crippen LogP contribution < -0.4 is 0 Å². The summed E-state index contributed by atoms with van der Waals surface area (Å²) in [5.74, 6) is 0.133. The number of nitrogens with zero attached hydrogens (tertiary/aromatic N) is 1. The molecule has 2 rings (SSSR count). The zero-order valence-electron chi connectivity index (χ0n) is 7.49. The number of phenols is 1. The van der Waals surface area contributed by atoms with Gasteiger partial charge in [0.1, 0.15) is 5.75 Å². The van der Waals surface area contributed by atoms with E-state index in [0.717, 1.165) is 6.29 Å². The number of fused-ring (bicyclic) bond motifs is 1. The van der Waals surface area contributed by atoms with Crippen molar-refractivity contribution in [2.24, 2.45) is 7.05 Å². The van der Waals surface area contributed by atoms with Crippen molar-refractivity contribution >= 4 is 28.8 Å². The predicted molar refractivity (Wildman–Crippen MR) is 55.0 cm³/mol. The van der Waals surface area contributed by atoms with Crippen molar-refractivity contribution in [1.82, 2.24) is 4.57 Å². The lowest BCUT2D eigenvalue weighted by molar-refractivity contribution is 0.111. The number of carbonyl (C=O) groups excluding carboxylic acids is 1. The standard InChI is InChI=1S/C10H8ClNO2/c1-12-6(5-13)4-7-9(14)3-2-8(11)10(7)12/h2-5,14H,1H3. The van der Waals surface area contributed by atoms with Gasteiger partial charge in [-0.25, -0.2) is 0 Å². The Morgan fingerprint density at radius 1 is 1.50 bits per heavy atom. The van der Waals surface area contributed by atoms with Crippen LogP contribution in [0.3, 0.4) is 0 Å². The second kappa shape index (κ2) is 3.03. The maximum absolute atomic E-state index is 10.7. The Bertz CT molecular complexity index is 516. The fourth-order valence-electron chi connectivity index (χ4n) is 1.54. The van der Waals surface area contributed by atoms with Gasteiger partial charge in [0.05, 0.1) is 16.2 Å². The molecule has 0 aliphatic carbocycles. The van der Waals surface area contributed by atoms with E-state index < -0.39 is 0 Å². The number of aromatic hydroxyl groups is 1. The van der Waals surface area contributed by atoms with Gasteiger partial charge in [0.15, 0.2) is 6.29 Å². The number of hydrogen-bond acceptors (Lipinski definition) is 2. The van der Waals surface area contributed by atoms with Crippen LogP contribution in [0.4, 0.5) is 0 Å². The molecule has 0 atom stereocenters. The van der Waals surface area contributed by atoms with Crippen molar-refractivity contribution in [1.29, 1.82) is 0 Å². The summed E-state index contributed by atoms with van der Waals surface area (Å²) in [5.41, 5.74) is 1.16. The molecule has 0 bridgehead atoms. The Hall–Kier alpha value is -1.48. The largest absolute Gasteiger partial charge is 0.507 e. The van der Waals surface area contributed by atoms with Gasteiger partial charge in [0.25, 0.3) is 0 Å². The summed E-state index contributed by atoms with van der Waals surface area (Å²) in [6.07, 6.45) is 0.732. The van der Waals surface area contributed by atoms with Crippen LogP contribution in [0.15, 0.2) is 18.2 Å². The van der Waals surface area contributed by atoms with Crippen LogP contribution in [0.2, 0.25) is 5.02 Å². The number of aromatic nitrogens is 1. The molecule has 1 N–H and O–H groups in total. The van der Waals surface area contributed by atoms with Gasteiger partial charge in [-0.2, -0.15) is 0 Å². The van der Waals surface area contributed by atoms with Crippen LogP contribution in [0.25, 0.3) is 10.9 Å². The molecule has 0 spiro atoms. The molecule has 4 heteroatoms. The Labute approximate surface area is 85.5 Å². The van der Waals surface area contributed by atoms with E-state index >= 15 is 0 Å². The fourth-order valence-corrected chi connectivity index (χ4v) is 1.83. The Balaban J connectivity index is 2.97. The zero-order chi connectivity index (χ0) is 10.3. The Morgan fingerprint density at radius 2 is 2.21 bits per heavy atom. The molecule has 1 aromatic heterocycles. The van der Waals surface area contributed by atoms with Gasteiger partial charge in [0.2, 0.25) is 0 Å². The first-order valence-electron chi connectivity index (χ1n) is 4.07. The van der Waals surface area contributed by atoms with E-state index in [1.165, 1.54) is 6.07 Å². The molecule has 0 saturated carbocycles. The lowest BCUT2D eigenvalue weighted by atomic mass is 10.2. The molecule has 0 radical (unpaired) electrons. The smallest absolute Gasteiger partial charge is 0.166 e. The fraction of sp³-hybridized carbons (Fsp3) is 0.100. The molecular formula is C10H8ClNO2. The molecule has 3 nitrogen and oxygen atoms in total. The number of hydrogen-bond donors (Lipinski definition) is 1. The molecule has 0 aliphatic heterocycles. The molecule has 14 heavy (non-hydrogen) atoms. The first kappa shape index (κ1) is 9.09. The molecule has 0 amide bonds. The third-order valence-electron chi connectivity index (χ3n) is 2.28. The highest BCUT2D eigenvalue weighted by Crippen LogP contribution is 2.32. The minimum Gasteiger partial charge on any atom is -0.507 e. The van der Waals surface area contributed by atoms with Crippen LogP contribution in [-0.2, 0) is 7.05 Å². The Kier molecular flexibility index (Phi) is 1.97. The summed E-state index contributed by atoms with van der Waals surface area (Å²) in [7, 11) is 1.73. The van der Waals surface area contributed by atoms with Crippen molar-refractivity contribution in [3.63, 3.8) is 0 Å². The van der Waals surface area contributed by atoms with Gasteiger partial charge in [-0.15, -0.1) is 0 Å². The number of halogens is 1. The summed E-state index contributed by atoms with van der Waals surface area (Å²) in [4.78, 5) is 10.7. The van der Waals surface area contributed by atoms with Crippen molar-refractivity contribution in [3.8, 4) is 5.75 Å². The SMILES string of the molecule is Cn1c(C=O)cc2c(O)ccc(Cl)c21. The summed E-state index contributed by atoms with van der Waals surface area (Å²) in [6, 6.07) is 4.73. The monoisotopic (exact) mass is 209 g/mol. The van der Waals surface area contributed by atoms with Crippen molar-refractivity contribution in [2.75, 3.05) is 0 Å². The zero-order valence-corrected chi connectivity index (χ0v) is 8.25. The molecule has 0 fully saturated rings. The van der Waals surface area contributed by atoms with Crippen molar-refractivity contribution < 1.29 is 9.90 Å². The third-order valence-corrected chi connectivity index (χ3v) is 2.59. The molecular weight excluding hydrogens is 202 g/mol. The number of phenolic OH excluding ortho intramolecular Hbond substituents is 1. The van der Waals surface area contributed by atoms with Gasteiger partial charge in [-0.05, 0) is 18.2 Å². The van der Waals surface area contributed by atoms with E-state index in [-0.39, 0.29) is 5.75 Å². The summed E-state index contributed by atoms with van der Waals surface area (Å²) in [5, 5.41) is 10.7. The van der Waals surface area contributed by atoms with E-state index in [0.29, 0.717) is 21.6 Å². The lowest BCUT2D eigenvalue weighted by Crippen LogP contribution is -1.93. The second-order valence-corrected chi connectivity index (χ2v) is 3.48. The van der Waals surface area contributed by atoms with E-state index in [9.17, 15) is 9.90 Å². The minimum atomic E-state index is 0.133. The number of rotatable bonds is 1. The highest BCUT2D eigenvalue weighted by atomic mass is 35.5. The van der Waals surface area contributed by atoms with Gasteiger partial charge in [-0.1, -0.05) is 11.6 Å². The van der Waals surface area contributed by atoms with E-state index in [2.05, 4.69) is 0 Å². The van der Waals surface area contributed by atoms with Crippen LogP contribution in [0.1, 0.15) is 10.5 Å². The number of benzene rings is 1. The summed E-state index contributed by atoms with van der Waals surface area (Å²) in [6.45, 7) is 0. The quantitative estimate of drug-likeness (QED) is 0.733. The molecule has 1 heterocycles. The van der Waals surface area contributed by atoms with Gasteiger partial charge >= 0.3 is 0 Å². The topological polar surface area (TPSA) is 42.2 Å². The second-order valence-electron chi connectivity index (χ2n) is 3.07. The minimum absolute atomic E-state index is 0.133. The molecule has 2 aromatic rings. The van der Waals surface area contributed by atoms with Crippen LogP contribution in [-0.4, -0.2) is 16.0 Å². The van der Waals surface area contributed by atoms with E-state index in [4.69, 9.17) is 11.6 Å². The van der Waals surface area contributed by atoms with Gasteiger partial charge in [0, 0.05) is 12.4 Å². The average Bonchev–Trinajstić information content (AvgIpc) is 2.51. The molecule has 1 aromatic carbocycles. The maximum Gasteiger partial charge on any atom is 0.166 e. The first-order valence-corrected chi connectivity index (χ1v) is 4.45. The summed E-state index contributed by atoms with van der Waals surface area (Å²) >= 11 is 5.96. The third kappa shape index (κ3) is 1.09. The molecule has 72 valence electrons. The van der Waals surface area contributed by atoms with Crippen molar-refractivity contribution in [3.05, 3.63) is 28.9 Å². The normalized spacial score (nSPS) is 10.7. The molecule has 0 saturated heterocycles. The van der Waals surface area contributed by atoms with E-state index in [1.807, 2.05) is 0 Å². The summed E-state index contributed by atoms with van der Waals surface area (Å²) < 4.78 is 1.66. The van der Waals surface area contributed by atoms with Crippen LogP contribution in [0, 0.1) is 0 Å². The highest BCUT2D eigenvalue weighted by molar-refractivity contribution is 6.35. The van der Waals surface area contributed by atoms with Crippen LogP contribution >= 0.6 is 11.6 Å².